The smallest absolute Gasteiger partial charge is 0.137 e. The summed E-state index contributed by atoms with van der Waals surface area (Å²) in [5.41, 5.74) is 2.34. The van der Waals surface area contributed by atoms with E-state index in [1.807, 2.05) is 4.68 Å². The van der Waals surface area contributed by atoms with Crippen LogP contribution in [0.4, 0.5) is 5.69 Å². The van der Waals surface area contributed by atoms with Crippen LogP contribution in [-0.4, -0.2) is 34.0 Å². The van der Waals surface area contributed by atoms with Gasteiger partial charge >= 0.3 is 0 Å². The van der Waals surface area contributed by atoms with Gasteiger partial charge in [0.1, 0.15) is 12.7 Å². The first-order valence-electron chi connectivity index (χ1n) is 6.67. The molecule has 0 aliphatic carbocycles. The SMILES string of the molecule is c1cc(Cn2cncn2)cc(NCC2CCCO2)c1. The number of hydrogen-bond acceptors (Lipinski definition) is 4. The molecule has 2 heterocycles. The van der Waals surface area contributed by atoms with Gasteiger partial charge in [-0.25, -0.2) is 9.67 Å². The zero-order chi connectivity index (χ0) is 12.9. The van der Waals surface area contributed by atoms with Crippen molar-refractivity contribution in [2.24, 2.45) is 0 Å². The first-order chi connectivity index (χ1) is 9.40. The van der Waals surface area contributed by atoms with Gasteiger partial charge in [-0.2, -0.15) is 5.10 Å². The van der Waals surface area contributed by atoms with Gasteiger partial charge in [-0.05, 0) is 30.5 Å². The third-order valence-electron chi connectivity index (χ3n) is 3.30. The number of rotatable bonds is 5. The highest BCUT2D eigenvalue weighted by Crippen LogP contribution is 2.15. The molecule has 3 rings (SSSR count). The van der Waals surface area contributed by atoms with Crippen molar-refractivity contribution in [1.29, 1.82) is 0 Å². The minimum Gasteiger partial charge on any atom is -0.382 e. The summed E-state index contributed by atoms with van der Waals surface area (Å²) in [5, 5.41) is 7.55. The summed E-state index contributed by atoms with van der Waals surface area (Å²) >= 11 is 0. The minimum absolute atomic E-state index is 0.360. The van der Waals surface area contributed by atoms with E-state index in [9.17, 15) is 0 Å². The minimum atomic E-state index is 0.360. The van der Waals surface area contributed by atoms with Crippen LogP contribution < -0.4 is 5.32 Å². The second-order valence-corrected chi connectivity index (χ2v) is 4.81. The van der Waals surface area contributed by atoms with Crippen LogP contribution in [0.25, 0.3) is 0 Å². The fraction of sp³-hybridized carbons (Fsp3) is 0.429. The van der Waals surface area contributed by atoms with E-state index in [1.165, 1.54) is 12.0 Å². The van der Waals surface area contributed by atoms with E-state index in [0.29, 0.717) is 6.10 Å². The maximum atomic E-state index is 5.61. The van der Waals surface area contributed by atoms with Crippen molar-refractivity contribution in [3.63, 3.8) is 0 Å². The summed E-state index contributed by atoms with van der Waals surface area (Å²) in [6.45, 7) is 2.53. The van der Waals surface area contributed by atoms with E-state index >= 15 is 0 Å². The topological polar surface area (TPSA) is 52.0 Å². The number of anilines is 1. The molecule has 1 aromatic carbocycles. The summed E-state index contributed by atoms with van der Waals surface area (Å²) in [6.07, 6.45) is 5.98. The van der Waals surface area contributed by atoms with E-state index in [0.717, 1.165) is 31.8 Å². The van der Waals surface area contributed by atoms with Gasteiger partial charge in [-0.15, -0.1) is 0 Å². The Morgan fingerprint density at radius 3 is 3.21 bits per heavy atom. The van der Waals surface area contributed by atoms with Crippen LogP contribution in [-0.2, 0) is 11.3 Å². The summed E-state index contributed by atoms with van der Waals surface area (Å²) in [7, 11) is 0. The first-order valence-corrected chi connectivity index (χ1v) is 6.67. The Hall–Kier alpha value is -1.88. The average Bonchev–Trinajstić information content (AvgIpc) is 3.10. The van der Waals surface area contributed by atoms with Gasteiger partial charge in [-0.3, -0.25) is 0 Å². The summed E-state index contributed by atoms with van der Waals surface area (Å²) in [4.78, 5) is 3.95. The lowest BCUT2D eigenvalue weighted by Crippen LogP contribution is -2.18. The van der Waals surface area contributed by atoms with Gasteiger partial charge in [0.15, 0.2) is 0 Å². The number of benzene rings is 1. The van der Waals surface area contributed by atoms with Crippen LogP contribution in [0.5, 0.6) is 0 Å². The predicted octanol–water partition coefficient (Wildman–Crippen LogP) is 1.92. The van der Waals surface area contributed by atoms with Crippen molar-refractivity contribution in [2.45, 2.75) is 25.5 Å². The van der Waals surface area contributed by atoms with Gasteiger partial charge < -0.3 is 10.1 Å². The second-order valence-electron chi connectivity index (χ2n) is 4.81. The van der Waals surface area contributed by atoms with Crippen LogP contribution in [0.15, 0.2) is 36.9 Å². The van der Waals surface area contributed by atoms with Crippen LogP contribution in [0, 0.1) is 0 Å². The van der Waals surface area contributed by atoms with Crippen LogP contribution >= 0.6 is 0 Å². The molecule has 1 aromatic heterocycles. The third kappa shape index (κ3) is 3.32. The lowest BCUT2D eigenvalue weighted by Gasteiger charge is -2.12. The van der Waals surface area contributed by atoms with Crippen molar-refractivity contribution >= 4 is 5.69 Å². The van der Waals surface area contributed by atoms with Crippen molar-refractivity contribution in [1.82, 2.24) is 14.8 Å². The monoisotopic (exact) mass is 258 g/mol. The van der Waals surface area contributed by atoms with E-state index in [4.69, 9.17) is 4.74 Å². The molecule has 5 nitrogen and oxygen atoms in total. The van der Waals surface area contributed by atoms with Gasteiger partial charge in [0.2, 0.25) is 0 Å². The Morgan fingerprint density at radius 1 is 1.42 bits per heavy atom. The molecule has 19 heavy (non-hydrogen) atoms. The molecule has 1 fully saturated rings. The van der Waals surface area contributed by atoms with Gasteiger partial charge in [0.05, 0.1) is 12.6 Å². The average molecular weight is 258 g/mol. The number of nitrogens with one attached hydrogen (secondary N) is 1. The normalized spacial score (nSPS) is 18.6. The molecule has 100 valence electrons. The van der Waals surface area contributed by atoms with E-state index in [-0.39, 0.29) is 0 Å². The molecule has 0 saturated carbocycles. The Labute approximate surface area is 112 Å². The van der Waals surface area contributed by atoms with Crippen molar-refractivity contribution in [2.75, 3.05) is 18.5 Å². The lowest BCUT2D eigenvalue weighted by atomic mass is 10.2. The highest BCUT2D eigenvalue weighted by atomic mass is 16.5. The molecule has 1 N–H and O–H groups in total. The maximum absolute atomic E-state index is 5.61. The zero-order valence-corrected chi connectivity index (χ0v) is 10.8. The van der Waals surface area contributed by atoms with Gasteiger partial charge in [0, 0.05) is 18.8 Å². The summed E-state index contributed by atoms with van der Waals surface area (Å²) < 4.78 is 7.42. The molecule has 0 bridgehead atoms. The number of aromatic nitrogens is 3. The summed E-state index contributed by atoms with van der Waals surface area (Å²) in [6, 6.07) is 8.39. The quantitative estimate of drug-likeness (QED) is 0.890. The molecule has 5 heteroatoms. The van der Waals surface area contributed by atoms with E-state index in [2.05, 4.69) is 39.7 Å². The van der Waals surface area contributed by atoms with Gasteiger partial charge in [0.25, 0.3) is 0 Å². The number of nitrogens with zero attached hydrogens (tertiary/aromatic N) is 3. The molecule has 0 radical (unpaired) electrons. The fourth-order valence-electron chi connectivity index (χ4n) is 2.32. The molecule has 0 spiro atoms. The fourth-order valence-corrected chi connectivity index (χ4v) is 2.32. The van der Waals surface area contributed by atoms with Gasteiger partial charge in [-0.1, -0.05) is 12.1 Å². The second kappa shape index (κ2) is 5.84. The van der Waals surface area contributed by atoms with Crippen molar-refractivity contribution in [3.05, 3.63) is 42.5 Å². The van der Waals surface area contributed by atoms with Crippen molar-refractivity contribution < 1.29 is 4.74 Å². The Morgan fingerprint density at radius 2 is 2.42 bits per heavy atom. The molecule has 2 aromatic rings. The molecule has 1 saturated heterocycles. The highest BCUT2D eigenvalue weighted by Gasteiger charge is 2.14. The van der Waals surface area contributed by atoms with E-state index < -0.39 is 0 Å². The van der Waals surface area contributed by atoms with E-state index in [1.54, 1.807) is 12.7 Å². The maximum Gasteiger partial charge on any atom is 0.137 e. The third-order valence-corrected chi connectivity index (χ3v) is 3.30. The molecule has 1 aliphatic rings. The molecule has 1 unspecified atom stereocenters. The van der Waals surface area contributed by atoms with Crippen molar-refractivity contribution in [3.8, 4) is 0 Å². The Bertz CT molecular complexity index is 506. The zero-order valence-electron chi connectivity index (χ0n) is 10.8. The standard InChI is InChI=1S/C14H18N4O/c1-3-12(9-18-11-15-10-17-18)7-13(4-1)16-8-14-5-2-6-19-14/h1,3-4,7,10-11,14,16H,2,5-6,8-9H2. The van der Waals surface area contributed by atoms with Crippen LogP contribution in [0.2, 0.25) is 0 Å². The number of ether oxygens (including phenoxy) is 1. The van der Waals surface area contributed by atoms with Crippen LogP contribution in [0.1, 0.15) is 18.4 Å². The molecule has 0 amide bonds. The molecular weight excluding hydrogens is 240 g/mol. The molecular formula is C14H18N4O. The predicted molar refractivity (Wildman–Crippen MR) is 73.0 cm³/mol. The Balaban J connectivity index is 1.59. The Kier molecular flexibility index (Phi) is 3.74. The number of hydrogen-bond donors (Lipinski definition) is 1. The lowest BCUT2D eigenvalue weighted by molar-refractivity contribution is 0.120. The largest absolute Gasteiger partial charge is 0.382 e. The first kappa shape index (κ1) is 12.2. The molecule has 1 aliphatic heterocycles. The van der Waals surface area contributed by atoms with Crippen LogP contribution in [0.3, 0.4) is 0 Å². The summed E-state index contributed by atoms with van der Waals surface area (Å²) in [5.74, 6) is 0. The molecule has 1 atom stereocenters. The highest BCUT2D eigenvalue weighted by molar-refractivity contribution is 5.45.